The number of anilines is 2. The number of para-hydroxylation sites is 1. The van der Waals surface area contributed by atoms with E-state index in [1.165, 1.54) is 6.07 Å². The molecular formula is C56H65Br2N8O15+. The molecule has 3 aromatic carbocycles. The predicted molar refractivity (Wildman–Crippen MR) is 299 cm³/mol. The first-order chi connectivity index (χ1) is 39.2. The summed E-state index contributed by atoms with van der Waals surface area (Å²) in [6, 6.07) is 26.3. The minimum atomic E-state index is -1.94. The van der Waals surface area contributed by atoms with Gasteiger partial charge in [0.2, 0.25) is 24.0 Å². The second kappa shape index (κ2) is 31.4. The number of nitrogens with one attached hydrogen (secondary N) is 3. The number of amides is 5. The third kappa shape index (κ3) is 18.3. The number of nitrogens with zero attached hydrogens (tertiary/aromatic N) is 5. The molecule has 25 heteroatoms. The number of halogens is 2. The van der Waals surface area contributed by atoms with E-state index in [4.69, 9.17) is 23.7 Å². The van der Waals surface area contributed by atoms with Crippen LogP contribution in [0, 0.1) is 0 Å². The summed E-state index contributed by atoms with van der Waals surface area (Å²) in [4.78, 5) is 75.7. The summed E-state index contributed by atoms with van der Waals surface area (Å²) < 4.78 is 31.6. The van der Waals surface area contributed by atoms with Crippen molar-refractivity contribution in [3.63, 3.8) is 0 Å². The van der Waals surface area contributed by atoms with Gasteiger partial charge in [-0.15, -0.1) is 5.10 Å². The molecule has 0 aliphatic carbocycles. The summed E-state index contributed by atoms with van der Waals surface area (Å²) in [5.41, 5.74) is 5.08. The number of carboxylic acids is 1. The number of ether oxygens (including phenoxy) is 5. The topological polar surface area (TPSA) is 303 Å². The molecule has 7 N–H and O–H groups in total. The first kappa shape index (κ1) is 61.8. The van der Waals surface area contributed by atoms with Crippen LogP contribution in [0.5, 0.6) is 5.75 Å². The highest BCUT2D eigenvalue weighted by Gasteiger charge is 2.48. The lowest BCUT2D eigenvalue weighted by molar-refractivity contribution is -0.687. The summed E-state index contributed by atoms with van der Waals surface area (Å²) in [5, 5.41) is 58.2. The van der Waals surface area contributed by atoms with E-state index >= 15 is 0 Å². The van der Waals surface area contributed by atoms with Crippen LogP contribution in [0.25, 0.3) is 22.4 Å². The molecule has 4 heterocycles. The highest BCUT2D eigenvalue weighted by Crippen LogP contribution is 2.32. The SMILES string of the molecule is O=C(CCOCCOCCOCCN1C(=O)C(Br)=C(Br)C1=O)NCCC(=O)Nc1cc(C[n+]2cccc(-c3cn(CCCCCCCC(=O)Nc4ccccc4-c4ccccc4)nn3)c2)ccc1O[C@@H]1O[C@H](C(=O)O)[C@@H](O)[C@H](O)[C@H]1O. The quantitative estimate of drug-likeness (QED) is 0.0178. The van der Waals surface area contributed by atoms with Gasteiger partial charge in [-0.2, -0.15) is 0 Å². The third-order valence-corrected chi connectivity index (χ3v) is 14.9. The highest BCUT2D eigenvalue weighted by molar-refractivity contribution is 9.14. The third-order valence-electron chi connectivity index (χ3n) is 12.9. The van der Waals surface area contributed by atoms with Gasteiger partial charge in [0.1, 0.15) is 38.7 Å². The van der Waals surface area contributed by atoms with Crippen LogP contribution in [-0.2, 0) is 60.8 Å². The van der Waals surface area contributed by atoms with Gasteiger partial charge in [0.25, 0.3) is 11.8 Å². The maximum Gasteiger partial charge on any atom is 0.335 e. The summed E-state index contributed by atoms with van der Waals surface area (Å²) in [7, 11) is 0. The largest absolute Gasteiger partial charge is 0.479 e. The van der Waals surface area contributed by atoms with Gasteiger partial charge in [-0.1, -0.05) is 73.0 Å². The fourth-order valence-corrected chi connectivity index (χ4v) is 9.40. The number of carbonyl (C=O) groups excluding carboxylic acids is 5. The maximum atomic E-state index is 13.3. The Balaban J connectivity index is 0.838. The molecule has 2 aliphatic rings. The molecule has 2 aliphatic heterocycles. The number of hydrogen-bond donors (Lipinski definition) is 7. The summed E-state index contributed by atoms with van der Waals surface area (Å²) in [6.07, 6.45) is 1.04. The molecule has 0 bridgehead atoms. The van der Waals surface area contributed by atoms with Gasteiger partial charge in [0.15, 0.2) is 25.0 Å². The van der Waals surface area contributed by atoms with Crippen LogP contribution < -0.4 is 25.3 Å². The van der Waals surface area contributed by atoms with Crippen LogP contribution in [0.4, 0.5) is 11.4 Å². The van der Waals surface area contributed by atoms with Crippen molar-refractivity contribution >= 4 is 78.7 Å². The van der Waals surface area contributed by atoms with E-state index in [2.05, 4.69) is 58.1 Å². The number of rotatable bonds is 32. The fraction of sp³-hybridized carbons (Fsp3) is 0.411. The van der Waals surface area contributed by atoms with Crippen molar-refractivity contribution in [2.24, 2.45) is 0 Å². The van der Waals surface area contributed by atoms with Gasteiger partial charge < -0.3 is 60.1 Å². The lowest BCUT2D eigenvalue weighted by Gasteiger charge is -2.38. The molecule has 7 rings (SSSR count). The van der Waals surface area contributed by atoms with Crippen LogP contribution >= 0.6 is 31.9 Å². The van der Waals surface area contributed by atoms with E-state index in [0.717, 1.165) is 59.4 Å². The summed E-state index contributed by atoms with van der Waals surface area (Å²) >= 11 is 6.15. The number of carboxylic acid groups (broad SMARTS) is 1. The van der Waals surface area contributed by atoms with Crippen molar-refractivity contribution in [3.8, 4) is 28.1 Å². The van der Waals surface area contributed by atoms with Crippen molar-refractivity contribution in [1.29, 1.82) is 0 Å². The minimum absolute atomic E-state index is 0.00517. The van der Waals surface area contributed by atoms with Gasteiger partial charge in [-0.05, 0) is 80.6 Å². The van der Waals surface area contributed by atoms with Crippen LogP contribution in [0.3, 0.4) is 0 Å². The fourth-order valence-electron chi connectivity index (χ4n) is 8.64. The van der Waals surface area contributed by atoms with Crippen LogP contribution in [-0.4, -0.2) is 159 Å². The maximum absolute atomic E-state index is 13.3. The van der Waals surface area contributed by atoms with E-state index in [9.17, 15) is 49.2 Å². The Morgan fingerprint density at radius 3 is 2.07 bits per heavy atom. The lowest BCUT2D eigenvalue weighted by atomic mass is 9.99. The molecule has 0 saturated carbocycles. The molecule has 5 atom stereocenters. The van der Waals surface area contributed by atoms with Crippen molar-refractivity contribution in [2.45, 2.75) is 95.2 Å². The van der Waals surface area contributed by atoms with E-state index in [0.29, 0.717) is 30.8 Å². The number of benzene rings is 3. The van der Waals surface area contributed by atoms with Gasteiger partial charge >= 0.3 is 5.97 Å². The van der Waals surface area contributed by atoms with Gasteiger partial charge in [-0.3, -0.25) is 33.6 Å². The number of aliphatic hydroxyl groups excluding tert-OH is 3. The monoisotopic (exact) mass is 1250 g/mol. The number of aliphatic hydroxyl groups is 3. The van der Waals surface area contributed by atoms with Gasteiger partial charge in [0.05, 0.1) is 63.6 Å². The molecule has 23 nitrogen and oxygen atoms in total. The predicted octanol–water partition coefficient (Wildman–Crippen LogP) is 4.45. The van der Waals surface area contributed by atoms with Gasteiger partial charge in [-0.25, -0.2) is 9.36 Å². The molecule has 2 aromatic heterocycles. The Morgan fingerprint density at radius 1 is 0.667 bits per heavy atom. The van der Waals surface area contributed by atoms with E-state index in [-0.39, 0.29) is 97.8 Å². The number of aryl methyl sites for hydroxylation is 1. The Labute approximate surface area is 483 Å². The number of aliphatic carboxylic acids is 1. The summed E-state index contributed by atoms with van der Waals surface area (Å²) in [6.45, 7) is 2.16. The Hall–Kier alpha value is -6.81. The number of pyridine rings is 1. The average Bonchev–Trinajstić information content (AvgIpc) is 4.06. The zero-order chi connectivity index (χ0) is 57.7. The Morgan fingerprint density at radius 2 is 1.32 bits per heavy atom. The molecule has 0 spiro atoms. The van der Waals surface area contributed by atoms with Gasteiger partial charge in [0, 0.05) is 55.2 Å². The van der Waals surface area contributed by atoms with Crippen LogP contribution in [0.1, 0.15) is 56.9 Å². The molecule has 0 radical (unpaired) electrons. The lowest BCUT2D eigenvalue weighted by Crippen LogP contribution is -2.61. The first-order valence-corrected chi connectivity index (χ1v) is 28.0. The average molecular weight is 1250 g/mol. The van der Waals surface area contributed by atoms with Crippen molar-refractivity contribution in [3.05, 3.63) is 118 Å². The smallest absolute Gasteiger partial charge is 0.335 e. The molecule has 5 amide bonds. The van der Waals surface area contributed by atoms with Crippen molar-refractivity contribution < 1.29 is 77.4 Å². The number of unbranched alkanes of at least 4 members (excludes halogenated alkanes) is 4. The molecule has 432 valence electrons. The number of carbonyl (C=O) groups is 6. The molecule has 1 saturated heterocycles. The number of aromatic nitrogens is 4. The summed E-state index contributed by atoms with van der Waals surface area (Å²) in [5.74, 6) is -3.42. The van der Waals surface area contributed by atoms with Crippen LogP contribution in [0.2, 0.25) is 0 Å². The normalized spacial score (nSPS) is 18.0. The standard InChI is InChI=1S/C56H64Br2N8O15/c57-47-48(58)54(74)66(53(47)73)25-27-78-29-31-79-30-28-77-26-21-44(67)59-22-20-46(69)61-41-32-36(18-19-43(41)80-56-51(72)49(70)50(71)52(81-56)55(75)76)33-64-23-11-14-38(34-64)42-35-65(63-62-42)24-10-3-1-2-7-17-45(68)60-40-16-9-8-15-39(40)37-12-5-4-6-13-37/h4-6,8-9,11-16,18-19,23,32,34-35,49-52,56,70-72H,1-3,7,10,17,20-22,24-31,33H2,(H3-,59,60,61,67,68,69,75,76)/p+1/t49-,50-,51+,52-,56+/m0/s1. The first-order valence-electron chi connectivity index (χ1n) is 26.4. The van der Waals surface area contributed by atoms with E-state index < -0.39 is 54.4 Å². The highest BCUT2D eigenvalue weighted by atomic mass is 79.9. The second-order valence-corrected chi connectivity index (χ2v) is 20.5. The van der Waals surface area contributed by atoms with Crippen molar-refractivity contribution in [2.75, 3.05) is 63.4 Å². The molecule has 81 heavy (non-hydrogen) atoms. The zero-order valence-corrected chi connectivity index (χ0v) is 47.4. The molecule has 0 unspecified atom stereocenters. The molecule has 1 fully saturated rings. The second-order valence-electron chi connectivity index (χ2n) is 18.9. The van der Waals surface area contributed by atoms with E-state index in [1.54, 1.807) is 16.8 Å². The van der Waals surface area contributed by atoms with Crippen molar-refractivity contribution in [1.82, 2.24) is 25.2 Å². The minimum Gasteiger partial charge on any atom is -0.479 e. The molecule has 5 aromatic rings. The number of hydrogen-bond acceptors (Lipinski definition) is 16. The Kier molecular flexibility index (Phi) is 24.0. The molecular weight excluding hydrogens is 1180 g/mol. The van der Waals surface area contributed by atoms with E-state index in [1.807, 2.05) is 89.9 Å². The number of imide groups is 1. The Bertz CT molecular complexity index is 2960. The van der Waals surface area contributed by atoms with Crippen LogP contribution in [0.15, 0.2) is 112 Å². The zero-order valence-electron chi connectivity index (χ0n) is 44.2.